The summed E-state index contributed by atoms with van der Waals surface area (Å²) in [4.78, 5) is 10.5. The molecule has 1 aliphatic heterocycles. The molecule has 1 aromatic rings. The number of phenols is 1. The highest BCUT2D eigenvalue weighted by Gasteiger charge is 2.32. The fourth-order valence-corrected chi connectivity index (χ4v) is 2.71. The van der Waals surface area contributed by atoms with Crippen molar-refractivity contribution < 1.29 is 24.5 Å². The van der Waals surface area contributed by atoms with Gasteiger partial charge in [0.05, 0.1) is 12.7 Å². The number of aromatic hydroxyl groups is 1. The van der Waals surface area contributed by atoms with Crippen LogP contribution in [0.2, 0.25) is 0 Å². The van der Waals surface area contributed by atoms with Crippen molar-refractivity contribution in [3.63, 3.8) is 0 Å². The van der Waals surface area contributed by atoms with Crippen molar-refractivity contribution in [2.45, 2.75) is 45.0 Å². The first-order chi connectivity index (χ1) is 11.1. The van der Waals surface area contributed by atoms with Crippen LogP contribution < -0.4 is 0 Å². The number of hydrogen-bond acceptors (Lipinski definition) is 4. The summed E-state index contributed by atoms with van der Waals surface area (Å²) < 4.78 is 11.5. The van der Waals surface area contributed by atoms with Gasteiger partial charge in [-0.25, -0.2) is 0 Å². The van der Waals surface area contributed by atoms with Gasteiger partial charge in [0.2, 0.25) is 0 Å². The third-order valence-corrected chi connectivity index (χ3v) is 3.92. The van der Waals surface area contributed by atoms with Crippen LogP contribution in [0.3, 0.4) is 0 Å². The van der Waals surface area contributed by atoms with E-state index in [2.05, 4.69) is 0 Å². The summed E-state index contributed by atoms with van der Waals surface area (Å²) in [6.45, 7) is 2.42. The number of ether oxygens (including phenoxy) is 2. The van der Waals surface area contributed by atoms with Gasteiger partial charge in [0.15, 0.2) is 6.29 Å². The van der Waals surface area contributed by atoms with Crippen molar-refractivity contribution in [3.05, 3.63) is 42.0 Å². The Bertz CT molecular complexity index is 540. The maximum absolute atomic E-state index is 10.5. The van der Waals surface area contributed by atoms with E-state index in [-0.39, 0.29) is 30.5 Å². The third kappa shape index (κ3) is 5.37. The molecule has 1 saturated heterocycles. The van der Waals surface area contributed by atoms with Gasteiger partial charge in [0.25, 0.3) is 0 Å². The van der Waals surface area contributed by atoms with E-state index in [0.717, 1.165) is 18.4 Å². The fourth-order valence-electron chi connectivity index (χ4n) is 2.71. The first kappa shape index (κ1) is 17.5. The van der Waals surface area contributed by atoms with Gasteiger partial charge in [0.1, 0.15) is 5.75 Å². The van der Waals surface area contributed by atoms with Gasteiger partial charge < -0.3 is 19.7 Å². The van der Waals surface area contributed by atoms with Crippen LogP contribution in [0.15, 0.2) is 36.4 Å². The summed E-state index contributed by atoms with van der Waals surface area (Å²) in [5.41, 5.74) is 0.784. The molecule has 0 spiro atoms. The van der Waals surface area contributed by atoms with Crippen LogP contribution in [0.25, 0.3) is 0 Å². The lowest BCUT2D eigenvalue weighted by Gasteiger charge is -2.35. The number of rotatable bonds is 7. The molecule has 5 heteroatoms. The summed E-state index contributed by atoms with van der Waals surface area (Å²) in [7, 11) is 0. The van der Waals surface area contributed by atoms with E-state index in [1.54, 1.807) is 12.1 Å². The number of aliphatic carboxylic acids is 1. The van der Waals surface area contributed by atoms with Crippen molar-refractivity contribution in [2.75, 3.05) is 6.61 Å². The van der Waals surface area contributed by atoms with Crippen LogP contribution in [0.5, 0.6) is 5.75 Å². The standard InChI is InChI=1S/C18H24O5/c1-13-22-12-14(8-4-2-3-5-11-17(20)21)18(23-13)15-9-6-7-10-16(15)19/h2,4,6-7,9-10,13-14,18-19H,3,5,8,11-12H2,1H3,(H,20,21)/b4-2-/t13-,14+,18-/m0/s1. The number of allylic oxidation sites excluding steroid dienone is 2. The van der Waals surface area contributed by atoms with Crippen LogP contribution >= 0.6 is 0 Å². The highest BCUT2D eigenvalue weighted by molar-refractivity contribution is 5.66. The molecule has 1 aromatic carbocycles. The molecule has 2 rings (SSSR count). The molecule has 5 nitrogen and oxygen atoms in total. The predicted octanol–water partition coefficient (Wildman–Crippen LogP) is 3.64. The van der Waals surface area contributed by atoms with Gasteiger partial charge in [0, 0.05) is 17.9 Å². The maximum atomic E-state index is 10.5. The normalized spacial score (nSPS) is 24.8. The van der Waals surface area contributed by atoms with E-state index < -0.39 is 5.97 Å². The molecule has 0 aromatic heterocycles. The second-order valence-corrected chi connectivity index (χ2v) is 5.77. The highest BCUT2D eigenvalue weighted by Crippen LogP contribution is 2.38. The predicted molar refractivity (Wildman–Crippen MR) is 86.1 cm³/mol. The summed E-state index contributed by atoms with van der Waals surface area (Å²) in [5, 5.41) is 18.7. The van der Waals surface area contributed by atoms with E-state index >= 15 is 0 Å². The Hall–Kier alpha value is -1.85. The van der Waals surface area contributed by atoms with Gasteiger partial charge >= 0.3 is 5.97 Å². The molecule has 126 valence electrons. The topological polar surface area (TPSA) is 76.0 Å². The summed E-state index contributed by atoms with van der Waals surface area (Å²) in [6, 6.07) is 7.22. The first-order valence-corrected chi connectivity index (χ1v) is 7.99. The molecular formula is C18H24O5. The third-order valence-electron chi connectivity index (χ3n) is 3.92. The molecule has 1 fully saturated rings. The second-order valence-electron chi connectivity index (χ2n) is 5.77. The molecule has 3 atom stereocenters. The lowest BCUT2D eigenvalue weighted by molar-refractivity contribution is -0.230. The van der Waals surface area contributed by atoms with Gasteiger partial charge in [-0.05, 0) is 32.3 Å². The maximum Gasteiger partial charge on any atom is 0.303 e. The minimum absolute atomic E-state index is 0.121. The lowest BCUT2D eigenvalue weighted by Crippen LogP contribution is -2.33. The largest absolute Gasteiger partial charge is 0.508 e. The first-order valence-electron chi connectivity index (χ1n) is 7.99. The fraction of sp³-hybridized carbons (Fsp3) is 0.500. The Morgan fingerprint density at radius 3 is 2.87 bits per heavy atom. The van der Waals surface area contributed by atoms with E-state index in [9.17, 15) is 9.90 Å². The van der Waals surface area contributed by atoms with E-state index in [0.29, 0.717) is 13.0 Å². The Labute approximate surface area is 136 Å². The molecule has 2 N–H and O–H groups in total. The van der Waals surface area contributed by atoms with Gasteiger partial charge in [-0.1, -0.05) is 30.4 Å². The van der Waals surface area contributed by atoms with Crippen molar-refractivity contribution in [3.8, 4) is 5.75 Å². The highest BCUT2D eigenvalue weighted by atomic mass is 16.7. The molecule has 0 aliphatic carbocycles. The zero-order valence-electron chi connectivity index (χ0n) is 13.4. The average Bonchev–Trinajstić information content (AvgIpc) is 2.52. The summed E-state index contributed by atoms with van der Waals surface area (Å²) in [5.74, 6) is -0.404. The van der Waals surface area contributed by atoms with E-state index in [1.165, 1.54) is 0 Å². The Kier molecular flexibility index (Phi) is 6.62. The number of para-hydroxylation sites is 1. The smallest absolute Gasteiger partial charge is 0.303 e. The van der Waals surface area contributed by atoms with Crippen LogP contribution in [-0.4, -0.2) is 29.1 Å². The monoisotopic (exact) mass is 320 g/mol. The molecule has 0 unspecified atom stereocenters. The van der Waals surface area contributed by atoms with Gasteiger partial charge in [-0.2, -0.15) is 0 Å². The molecule has 23 heavy (non-hydrogen) atoms. The number of benzene rings is 1. The van der Waals surface area contributed by atoms with E-state index in [1.807, 2.05) is 31.2 Å². The van der Waals surface area contributed by atoms with Crippen LogP contribution in [-0.2, 0) is 14.3 Å². The molecule has 0 saturated carbocycles. The van der Waals surface area contributed by atoms with Gasteiger partial charge in [-0.15, -0.1) is 0 Å². The Balaban J connectivity index is 1.94. The minimum atomic E-state index is -0.763. The Morgan fingerprint density at radius 2 is 2.13 bits per heavy atom. The second kappa shape index (κ2) is 8.70. The number of carbonyl (C=O) groups is 1. The van der Waals surface area contributed by atoms with Crippen molar-refractivity contribution in [2.24, 2.45) is 5.92 Å². The number of unbranched alkanes of at least 4 members (excludes halogenated alkanes) is 1. The Morgan fingerprint density at radius 1 is 1.35 bits per heavy atom. The zero-order valence-corrected chi connectivity index (χ0v) is 13.4. The van der Waals surface area contributed by atoms with Crippen LogP contribution in [0.1, 0.15) is 44.3 Å². The number of phenolic OH excluding ortho intramolecular Hbond substituents is 1. The quantitative estimate of drug-likeness (QED) is 0.592. The summed E-state index contributed by atoms with van der Waals surface area (Å²) in [6.07, 6.45) is 5.89. The molecule has 0 bridgehead atoms. The van der Waals surface area contributed by atoms with E-state index in [4.69, 9.17) is 14.6 Å². The zero-order chi connectivity index (χ0) is 16.7. The van der Waals surface area contributed by atoms with Crippen LogP contribution in [0.4, 0.5) is 0 Å². The molecule has 0 radical (unpaired) electrons. The number of carboxylic acids is 1. The van der Waals surface area contributed by atoms with Crippen molar-refractivity contribution in [1.82, 2.24) is 0 Å². The van der Waals surface area contributed by atoms with Crippen LogP contribution in [0, 0.1) is 5.92 Å². The van der Waals surface area contributed by atoms with Crippen molar-refractivity contribution >= 4 is 5.97 Å². The SMILES string of the molecule is C[C@H]1OC[C@@H](C/C=C\CCCC(=O)O)[C@@H](c2ccccc2O)O1. The molecule has 1 aliphatic rings. The molecule has 0 amide bonds. The minimum Gasteiger partial charge on any atom is -0.508 e. The lowest BCUT2D eigenvalue weighted by atomic mass is 9.91. The van der Waals surface area contributed by atoms with Crippen molar-refractivity contribution in [1.29, 1.82) is 0 Å². The number of carboxylic acid groups (broad SMARTS) is 1. The van der Waals surface area contributed by atoms with Gasteiger partial charge in [-0.3, -0.25) is 4.79 Å². The average molecular weight is 320 g/mol. The molecule has 1 heterocycles. The summed E-state index contributed by atoms with van der Waals surface area (Å²) >= 11 is 0. The number of hydrogen-bond donors (Lipinski definition) is 2. The molecular weight excluding hydrogens is 296 g/mol.